The van der Waals surface area contributed by atoms with Crippen molar-refractivity contribution in [3.8, 4) is 34.8 Å². The van der Waals surface area contributed by atoms with Crippen molar-refractivity contribution in [3.05, 3.63) is 52.3 Å². The van der Waals surface area contributed by atoms with Crippen molar-refractivity contribution in [3.63, 3.8) is 0 Å². The van der Waals surface area contributed by atoms with E-state index in [1.165, 1.54) is 6.07 Å². The number of carbonyl (C=O) groups is 1. The fourth-order valence-electron chi connectivity index (χ4n) is 3.38. The standard InChI is InChI=1S/C24H21ClFN3O6/c1-4-5-32-22-19-23(29-24(28-22)34-17-9-15(25)8-16(26)10-17)35-21(27-19)14-6-12(2)20(13(3)7-14)33-11-18(30)31/h6-10H,4-5,11H2,1-3H3,(H,30,31). The van der Waals surface area contributed by atoms with E-state index in [9.17, 15) is 9.18 Å². The molecule has 0 atom stereocenters. The predicted molar refractivity (Wildman–Crippen MR) is 125 cm³/mol. The van der Waals surface area contributed by atoms with Crippen LogP contribution in [-0.2, 0) is 4.79 Å². The van der Waals surface area contributed by atoms with Crippen molar-refractivity contribution in [2.75, 3.05) is 13.2 Å². The van der Waals surface area contributed by atoms with Crippen LogP contribution in [-0.4, -0.2) is 39.2 Å². The maximum Gasteiger partial charge on any atom is 0.341 e. The van der Waals surface area contributed by atoms with E-state index in [-0.39, 0.29) is 34.3 Å². The van der Waals surface area contributed by atoms with E-state index >= 15 is 0 Å². The highest BCUT2D eigenvalue weighted by molar-refractivity contribution is 6.30. The topological polar surface area (TPSA) is 117 Å². The number of carboxylic acid groups (broad SMARTS) is 1. The number of nitrogens with zero attached hydrogens (tertiary/aromatic N) is 3. The first-order chi connectivity index (χ1) is 16.7. The second-order valence-electron chi connectivity index (χ2n) is 7.66. The number of aliphatic carboxylic acids is 1. The summed E-state index contributed by atoms with van der Waals surface area (Å²) in [7, 11) is 0. The molecule has 2 heterocycles. The van der Waals surface area contributed by atoms with Crippen molar-refractivity contribution in [1.82, 2.24) is 15.0 Å². The van der Waals surface area contributed by atoms with Gasteiger partial charge in [-0.15, -0.1) is 0 Å². The Kier molecular flexibility index (Phi) is 7.02. The van der Waals surface area contributed by atoms with Gasteiger partial charge in [0.1, 0.15) is 17.3 Å². The van der Waals surface area contributed by atoms with E-state index < -0.39 is 18.4 Å². The van der Waals surface area contributed by atoms with Gasteiger partial charge >= 0.3 is 12.0 Å². The summed E-state index contributed by atoms with van der Waals surface area (Å²) in [5.41, 5.74) is 2.45. The number of benzene rings is 2. The summed E-state index contributed by atoms with van der Waals surface area (Å²) in [4.78, 5) is 23.9. The van der Waals surface area contributed by atoms with Crippen LogP contribution in [0.5, 0.6) is 23.4 Å². The Morgan fingerprint density at radius 1 is 1.09 bits per heavy atom. The molecule has 11 heteroatoms. The van der Waals surface area contributed by atoms with Gasteiger partial charge in [-0.05, 0) is 55.7 Å². The molecule has 0 aliphatic rings. The maximum absolute atomic E-state index is 13.7. The number of halogens is 2. The number of ether oxygens (including phenoxy) is 3. The molecule has 0 aliphatic carbocycles. The van der Waals surface area contributed by atoms with Crippen LogP contribution in [0.2, 0.25) is 5.02 Å². The highest BCUT2D eigenvalue weighted by Crippen LogP contribution is 2.34. The summed E-state index contributed by atoms with van der Waals surface area (Å²) in [5.74, 6) is -0.651. The fourth-order valence-corrected chi connectivity index (χ4v) is 3.59. The molecule has 4 aromatic rings. The monoisotopic (exact) mass is 501 g/mol. The van der Waals surface area contributed by atoms with Gasteiger partial charge in [-0.1, -0.05) is 18.5 Å². The normalized spacial score (nSPS) is 11.0. The third-order valence-corrected chi connectivity index (χ3v) is 4.96. The Morgan fingerprint density at radius 3 is 2.49 bits per heavy atom. The predicted octanol–water partition coefficient (Wildman–Crippen LogP) is 5.74. The quantitative estimate of drug-likeness (QED) is 0.306. The van der Waals surface area contributed by atoms with Crippen molar-refractivity contribution in [2.24, 2.45) is 0 Å². The van der Waals surface area contributed by atoms with Crippen molar-refractivity contribution in [1.29, 1.82) is 0 Å². The summed E-state index contributed by atoms with van der Waals surface area (Å²) < 4.78 is 36.3. The minimum atomic E-state index is -1.07. The minimum absolute atomic E-state index is 0.110. The zero-order valence-corrected chi connectivity index (χ0v) is 19.9. The van der Waals surface area contributed by atoms with Crippen molar-refractivity contribution >= 4 is 28.8 Å². The van der Waals surface area contributed by atoms with Crippen LogP contribution in [0.1, 0.15) is 24.5 Å². The summed E-state index contributed by atoms with van der Waals surface area (Å²) >= 11 is 5.90. The summed E-state index contributed by atoms with van der Waals surface area (Å²) in [6, 6.07) is 7.13. The van der Waals surface area contributed by atoms with Crippen molar-refractivity contribution in [2.45, 2.75) is 27.2 Å². The Balaban J connectivity index is 1.73. The first-order valence-electron chi connectivity index (χ1n) is 10.6. The van der Waals surface area contributed by atoms with Crippen LogP contribution >= 0.6 is 11.6 Å². The number of hydrogen-bond acceptors (Lipinski definition) is 8. The van der Waals surface area contributed by atoms with Gasteiger partial charge in [0.25, 0.3) is 11.6 Å². The lowest BCUT2D eigenvalue weighted by Crippen LogP contribution is -2.10. The molecule has 0 bridgehead atoms. The van der Waals surface area contributed by atoms with Gasteiger partial charge in [0, 0.05) is 16.7 Å². The smallest absolute Gasteiger partial charge is 0.341 e. The van der Waals surface area contributed by atoms with Crippen LogP contribution < -0.4 is 14.2 Å². The van der Waals surface area contributed by atoms with Gasteiger partial charge in [0.15, 0.2) is 12.1 Å². The summed E-state index contributed by atoms with van der Waals surface area (Å²) in [6.07, 6.45) is 0.724. The van der Waals surface area contributed by atoms with Crippen LogP contribution in [0.25, 0.3) is 22.7 Å². The average Bonchev–Trinajstić information content (AvgIpc) is 3.20. The zero-order valence-electron chi connectivity index (χ0n) is 19.1. The van der Waals surface area contributed by atoms with E-state index in [4.69, 9.17) is 35.3 Å². The molecule has 0 radical (unpaired) electrons. The molecule has 0 spiro atoms. The molecular weight excluding hydrogens is 481 g/mol. The van der Waals surface area contributed by atoms with Gasteiger partial charge < -0.3 is 23.7 Å². The molecule has 0 fully saturated rings. The SMILES string of the molecule is CCCOc1nc(Oc2cc(F)cc(Cl)c2)nc2oc(-c3cc(C)c(OCC(=O)O)c(C)c3)nc12. The molecule has 0 aliphatic heterocycles. The van der Waals surface area contributed by atoms with E-state index in [0.717, 1.165) is 18.6 Å². The van der Waals surface area contributed by atoms with Crippen LogP contribution in [0.3, 0.4) is 0 Å². The number of oxazole rings is 1. The molecule has 0 amide bonds. The van der Waals surface area contributed by atoms with Crippen LogP contribution in [0.4, 0.5) is 4.39 Å². The second-order valence-corrected chi connectivity index (χ2v) is 8.10. The molecular formula is C24H21ClFN3O6. The Hall–Kier alpha value is -3.92. The number of hydrogen-bond donors (Lipinski definition) is 1. The van der Waals surface area contributed by atoms with Gasteiger partial charge in [-0.25, -0.2) is 14.2 Å². The molecule has 4 rings (SSSR count). The first-order valence-corrected chi connectivity index (χ1v) is 11.0. The lowest BCUT2D eigenvalue weighted by molar-refractivity contribution is -0.139. The number of fused-ring (bicyclic) bond motifs is 1. The highest BCUT2D eigenvalue weighted by atomic mass is 35.5. The molecule has 2 aromatic carbocycles. The molecule has 35 heavy (non-hydrogen) atoms. The average molecular weight is 502 g/mol. The zero-order chi connectivity index (χ0) is 25.1. The molecule has 2 aromatic heterocycles. The van der Waals surface area contributed by atoms with E-state index in [1.807, 2.05) is 6.92 Å². The number of aromatic nitrogens is 3. The molecule has 0 saturated heterocycles. The molecule has 9 nitrogen and oxygen atoms in total. The van der Waals surface area contributed by atoms with E-state index in [1.54, 1.807) is 26.0 Å². The third-order valence-electron chi connectivity index (χ3n) is 4.74. The summed E-state index contributed by atoms with van der Waals surface area (Å²) in [6.45, 7) is 5.45. The first kappa shape index (κ1) is 24.2. The van der Waals surface area contributed by atoms with Gasteiger partial charge in [0.2, 0.25) is 5.89 Å². The van der Waals surface area contributed by atoms with Crippen LogP contribution in [0, 0.1) is 19.7 Å². The number of carboxylic acids is 1. The lowest BCUT2D eigenvalue weighted by Gasteiger charge is -2.11. The van der Waals surface area contributed by atoms with Crippen LogP contribution in [0.15, 0.2) is 34.7 Å². The largest absolute Gasteiger partial charge is 0.481 e. The molecule has 182 valence electrons. The Bertz CT molecular complexity index is 1360. The number of aryl methyl sites for hydroxylation is 2. The maximum atomic E-state index is 13.7. The van der Waals surface area contributed by atoms with Gasteiger partial charge in [0.05, 0.1) is 6.61 Å². The third kappa shape index (κ3) is 5.60. The van der Waals surface area contributed by atoms with E-state index in [2.05, 4.69) is 15.0 Å². The minimum Gasteiger partial charge on any atom is -0.481 e. The summed E-state index contributed by atoms with van der Waals surface area (Å²) in [5, 5.41) is 9.05. The Labute approximate surface area is 204 Å². The highest BCUT2D eigenvalue weighted by Gasteiger charge is 2.20. The Morgan fingerprint density at radius 2 is 1.83 bits per heavy atom. The fraction of sp³-hybridized carbons (Fsp3) is 0.250. The molecule has 0 saturated carbocycles. The van der Waals surface area contributed by atoms with E-state index in [0.29, 0.717) is 34.6 Å². The second kappa shape index (κ2) is 10.1. The van der Waals surface area contributed by atoms with Gasteiger partial charge in [-0.2, -0.15) is 9.97 Å². The lowest BCUT2D eigenvalue weighted by atomic mass is 10.1. The molecule has 0 unspecified atom stereocenters. The number of rotatable bonds is 9. The molecule has 1 N–H and O–H groups in total. The van der Waals surface area contributed by atoms with Crippen molar-refractivity contribution < 1.29 is 32.9 Å². The van der Waals surface area contributed by atoms with Gasteiger partial charge in [-0.3, -0.25) is 0 Å².